The molecule has 1 rings (SSSR count). The molecule has 1 aliphatic carbocycles. The quantitative estimate of drug-likeness (QED) is 0.688. The summed E-state index contributed by atoms with van der Waals surface area (Å²) < 4.78 is 0. The van der Waals surface area contributed by atoms with Gasteiger partial charge in [-0.25, -0.2) is 0 Å². The molecule has 0 atom stereocenters. The van der Waals surface area contributed by atoms with Gasteiger partial charge in [0, 0.05) is 31.8 Å². The number of rotatable bonds is 6. The average molecular weight is 344 g/mol. The molecule has 1 aliphatic rings. The lowest BCUT2D eigenvalue weighted by molar-refractivity contribution is -0.136. The number of carboxylic acids is 1. The van der Waals surface area contributed by atoms with Crippen molar-refractivity contribution < 1.29 is 19.5 Å². The summed E-state index contributed by atoms with van der Waals surface area (Å²) in [4.78, 5) is 31.1. The molecule has 1 fully saturated rings. The molecule has 0 aromatic carbocycles. The first-order valence-corrected chi connectivity index (χ1v) is 8.96. The van der Waals surface area contributed by atoms with E-state index in [2.05, 4.69) is 10.6 Å². The highest BCUT2D eigenvalue weighted by Gasteiger charge is 2.18. The maximum absolute atomic E-state index is 11.2. The SMILES string of the molecule is CCC(=O)C1CCCCC1.CCC(=O)O.CNC(=O)CNC(C)C. The fraction of sp³-hybridized carbons (Fsp3) is 0.833. The van der Waals surface area contributed by atoms with Gasteiger partial charge in [-0.15, -0.1) is 0 Å². The topological polar surface area (TPSA) is 95.5 Å². The first-order valence-electron chi connectivity index (χ1n) is 8.96. The minimum atomic E-state index is -0.745. The number of hydrogen-bond donors (Lipinski definition) is 3. The van der Waals surface area contributed by atoms with Crippen LogP contribution >= 0.6 is 0 Å². The fourth-order valence-electron chi connectivity index (χ4n) is 2.10. The van der Waals surface area contributed by atoms with E-state index in [0.29, 0.717) is 24.3 Å². The van der Waals surface area contributed by atoms with E-state index >= 15 is 0 Å². The predicted molar refractivity (Wildman–Crippen MR) is 97.0 cm³/mol. The molecule has 3 N–H and O–H groups in total. The van der Waals surface area contributed by atoms with Crippen LogP contribution in [0.4, 0.5) is 0 Å². The van der Waals surface area contributed by atoms with E-state index in [-0.39, 0.29) is 12.3 Å². The van der Waals surface area contributed by atoms with E-state index in [1.807, 2.05) is 20.8 Å². The third-order valence-electron chi connectivity index (χ3n) is 3.66. The van der Waals surface area contributed by atoms with E-state index in [0.717, 1.165) is 19.3 Å². The van der Waals surface area contributed by atoms with E-state index in [1.54, 1.807) is 14.0 Å². The van der Waals surface area contributed by atoms with Gasteiger partial charge >= 0.3 is 5.97 Å². The first-order chi connectivity index (χ1) is 11.3. The van der Waals surface area contributed by atoms with Crippen molar-refractivity contribution in [3.05, 3.63) is 0 Å². The molecule has 142 valence electrons. The second-order valence-electron chi connectivity index (χ2n) is 6.11. The molecule has 0 bridgehead atoms. The van der Waals surface area contributed by atoms with Crippen molar-refractivity contribution in [1.29, 1.82) is 0 Å². The van der Waals surface area contributed by atoms with E-state index < -0.39 is 5.97 Å². The first kappa shape index (κ1) is 24.8. The van der Waals surface area contributed by atoms with Gasteiger partial charge < -0.3 is 15.7 Å². The third kappa shape index (κ3) is 16.9. The lowest BCUT2D eigenvalue weighted by Gasteiger charge is -2.19. The van der Waals surface area contributed by atoms with Gasteiger partial charge in [-0.3, -0.25) is 14.4 Å². The molecule has 1 saturated carbocycles. The third-order valence-corrected chi connectivity index (χ3v) is 3.66. The Morgan fingerprint density at radius 2 is 1.54 bits per heavy atom. The number of amides is 1. The van der Waals surface area contributed by atoms with Gasteiger partial charge in [0.2, 0.25) is 5.91 Å². The lowest BCUT2D eigenvalue weighted by atomic mass is 9.85. The maximum atomic E-state index is 11.2. The Labute approximate surface area is 146 Å². The van der Waals surface area contributed by atoms with Crippen molar-refractivity contribution >= 4 is 17.7 Å². The number of nitrogens with one attached hydrogen (secondary N) is 2. The van der Waals surface area contributed by atoms with Crippen molar-refractivity contribution in [2.45, 2.75) is 78.7 Å². The van der Waals surface area contributed by atoms with Crippen LogP contribution in [0.1, 0.15) is 72.6 Å². The van der Waals surface area contributed by atoms with Crippen LogP contribution in [-0.2, 0) is 14.4 Å². The van der Waals surface area contributed by atoms with Crippen molar-refractivity contribution in [2.75, 3.05) is 13.6 Å². The summed E-state index contributed by atoms with van der Waals surface area (Å²) in [5.41, 5.74) is 0. The van der Waals surface area contributed by atoms with Gasteiger partial charge in [-0.1, -0.05) is 47.0 Å². The molecule has 24 heavy (non-hydrogen) atoms. The summed E-state index contributed by atoms with van der Waals surface area (Å²) in [5.74, 6) is 0.201. The average Bonchev–Trinajstić information content (AvgIpc) is 2.60. The standard InChI is InChI=1S/C9H16O.C6H14N2O.C3H6O2/c1-2-9(10)8-6-4-3-5-7-8;1-5(2)8-4-6(9)7-3;1-2-3(4)5/h8H,2-7H2,1H3;5,8H,4H2,1-3H3,(H,7,9);2H2,1H3,(H,4,5). The Morgan fingerprint density at radius 3 is 1.88 bits per heavy atom. The molecular formula is C18H36N2O4. The molecular weight excluding hydrogens is 308 g/mol. The summed E-state index contributed by atoms with van der Waals surface area (Å²) in [7, 11) is 1.63. The van der Waals surface area contributed by atoms with Crippen LogP contribution in [0.5, 0.6) is 0 Å². The van der Waals surface area contributed by atoms with Crippen LogP contribution in [0.2, 0.25) is 0 Å². The summed E-state index contributed by atoms with van der Waals surface area (Å²) >= 11 is 0. The molecule has 0 aromatic rings. The molecule has 6 nitrogen and oxygen atoms in total. The molecule has 0 saturated heterocycles. The van der Waals surface area contributed by atoms with Crippen molar-refractivity contribution in [2.24, 2.45) is 5.92 Å². The summed E-state index contributed by atoms with van der Waals surface area (Å²) in [5, 5.41) is 13.2. The zero-order chi connectivity index (χ0) is 19.0. The van der Waals surface area contributed by atoms with Gasteiger partial charge in [-0.2, -0.15) is 0 Å². The number of aliphatic carboxylic acids is 1. The highest BCUT2D eigenvalue weighted by atomic mass is 16.4. The molecule has 0 spiro atoms. The largest absolute Gasteiger partial charge is 0.481 e. The Hall–Kier alpha value is -1.43. The second kappa shape index (κ2) is 16.4. The lowest BCUT2D eigenvalue weighted by Crippen LogP contribution is -2.34. The van der Waals surface area contributed by atoms with Crippen LogP contribution in [0.15, 0.2) is 0 Å². The molecule has 0 heterocycles. The molecule has 0 radical (unpaired) electrons. The summed E-state index contributed by atoms with van der Waals surface area (Å²) in [6.45, 7) is 7.99. The van der Waals surface area contributed by atoms with Crippen LogP contribution in [-0.4, -0.2) is 42.4 Å². The Morgan fingerprint density at radius 1 is 1.04 bits per heavy atom. The number of likely N-dealkylation sites (N-methyl/N-ethyl adjacent to an activating group) is 1. The number of ketones is 1. The number of hydrogen-bond acceptors (Lipinski definition) is 4. The zero-order valence-electron chi connectivity index (χ0n) is 16.0. The molecule has 0 aliphatic heterocycles. The van der Waals surface area contributed by atoms with Crippen LogP contribution < -0.4 is 10.6 Å². The minimum absolute atomic E-state index is 0.0312. The number of Topliss-reactive ketones (excluding diaryl/α,β-unsaturated/α-hetero) is 1. The normalized spacial score (nSPS) is 13.9. The van der Waals surface area contributed by atoms with E-state index in [4.69, 9.17) is 5.11 Å². The highest BCUT2D eigenvalue weighted by molar-refractivity contribution is 5.80. The predicted octanol–water partition coefficient (Wildman–Crippen LogP) is 2.76. The molecule has 6 heteroatoms. The molecule has 0 unspecified atom stereocenters. The van der Waals surface area contributed by atoms with Gasteiger partial charge in [0.1, 0.15) is 5.78 Å². The monoisotopic (exact) mass is 344 g/mol. The van der Waals surface area contributed by atoms with Gasteiger partial charge in [-0.05, 0) is 12.8 Å². The van der Waals surface area contributed by atoms with Gasteiger partial charge in [0.25, 0.3) is 0 Å². The fourth-order valence-corrected chi connectivity index (χ4v) is 2.10. The number of carbonyl (C=O) groups is 3. The maximum Gasteiger partial charge on any atom is 0.303 e. The van der Waals surface area contributed by atoms with Crippen molar-refractivity contribution in [1.82, 2.24) is 10.6 Å². The summed E-state index contributed by atoms with van der Waals surface area (Å²) in [6, 6.07) is 0.377. The number of carboxylic acid groups (broad SMARTS) is 1. The Balaban J connectivity index is 0. The van der Waals surface area contributed by atoms with E-state index in [9.17, 15) is 14.4 Å². The van der Waals surface area contributed by atoms with Crippen molar-refractivity contribution in [3.8, 4) is 0 Å². The van der Waals surface area contributed by atoms with Crippen LogP contribution in [0.3, 0.4) is 0 Å². The smallest absolute Gasteiger partial charge is 0.303 e. The van der Waals surface area contributed by atoms with Crippen LogP contribution in [0.25, 0.3) is 0 Å². The minimum Gasteiger partial charge on any atom is -0.481 e. The Bertz CT molecular complexity index is 351. The van der Waals surface area contributed by atoms with Crippen LogP contribution in [0, 0.1) is 5.92 Å². The highest BCUT2D eigenvalue weighted by Crippen LogP contribution is 2.24. The van der Waals surface area contributed by atoms with Gasteiger partial charge in [0.05, 0.1) is 6.54 Å². The second-order valence-corrected chi connectivity index (χ2v) is 6.11. The van der Waals surface area contributed by atoms with Crippen molar-refractivity contribution in [3.63, 3.8) is 0 Å². The van der Waals surface area contributed by atoms with E-state index in [1.165, 1.54) is 19.3 Å². The summed E-state index contributed by atoms with van der Waals surface area (Å²) in [6.07, 6.45) is 7.17. The zero-order valence-corrected chi connectivity index (χ0v) is 16.0. The molecule has 1 amide bonds. The number of carbonyl (C=O) groups excluding carboxylic acids is 2. The van der Waals surface area contributed by atoms with Gasteiger partial charge in [0.15, 0.2) is 0 Å². The Kier molecular flexibility index (Phi) is 17.0. The molecule has 0 aromatic heterocycles.